The van der Waals surface area contributed by atoms with Gasteiger partial charge in [-0.2, -0.15) is 0 Å². The number of carbonyl (C=O) groups is 2. The van der Waals surface area contributed by atoms with Crippen LogP contribution in [0.15, 0.2) is 49.1 Å². The van der Waals surface area contributed by atoms with Crippen LogP contribution in [0, 0.1) is 0 Å². The van der Waals surface area contributed by atoms with E-state index in [4.69, 9.17) is 0 Å². The van der Waals surface area contributed by atoms with Crippen molar-refractivity contribution in [2.45, 2.75) is 19.3 Å². The van der Waals surface area contributed by atoms with Crippen molar-refractivity contribution in [2.75, 3.05) is 13.6 Å². The average Bonchev–Trinajstić information content (AvgIpc) is 2.58. The van der Waals surface area contributed by atoms with E-state index in [9.17, 15) is 9.59 Å². The molecule has 0 aliphatic heterocycles. The van der Waals surface area contributed by atoms with Gasteiger partial charge in [-0.15, -0.1) is 0 Å². The number of carbonyl (C=O) groups excluding carboxylic acids is 2. The maximum Gasteiger partial charge on any atom is 0.222 e. The zero-order valence-electron chi connectivity index (χ0n) is 12.6. The molecule has 0 unspecified atom stereocenters. The highest BCUT2D eigenvalue weighted by Gasteiger charge is 2.12. The average molecular weight is 297 g/mol. The molecule has 0 aliphatic carbocycles. The second-order valence-electron chi connectivity index (χ2n) is 5.09. The molecule has 0 saturated heterocycles. The van der Waals surface area contributed by atoms with Gasteiger partial charge in [-0.25, -0.2) is 0 Å². The number of hydrogen-bond acceptors (Lipinski definition) is 4. The molecule has 114 valence electrons. The van der Waals surface area contributed by atoms with Crippen LogP contribution in [0.1, 0.15) is 28.8 Å². The molecule has 2 aromatic rings. The van der Waals surface area contributed by atoms with Crippen LogP contribution in [0.3, 0.4) is 0 Å². The lowest BCUT2D eigenvalue weighted by molar-refractivity contribution is -0.129. The third-order valence-electron chi connectivity index (χ3n) is 3.46. The molecule has 0 spiro atoms. The molecular weight excluding hydrogens is 278 g/mol. The zero-order chi connectivity index (χ0) is 15.8. The number of aromatic nitrogens is 2. The Balaban J connectivity index is 1.76. The first-order chi connectivity index (χ1) is 10.7. The van der Waals surface area contributed by atoms with Gasteiger partial charge in [0.25, 0.3) is 0 Å². The van der Waals surface area contributed by atoms with Gasteiger partial charge in [-0.1, -0.05) is 0 Å². The maximum atomic E-state index is 12.0. The minimum absolute atomic E-state index is 0.0219. The van der Waals surface area contributed by atoms with E-state index in [1.54, 1.807) is 42.7 Å². The largest absolute Gasteiger partial charge is 0.345 e. The van der Waals surface area contributed by atoms with Crippen LogP contribution < -0.4 is 0 Å². The molecular formula is C17H19N3O2. The SMILES string of the molecule is CN(CCc1ccncc1)C(=O)CCC(=O)c1cccnc1. The second-order valence-corrected chi connectivity index (χ2v) is 5.09. The number of likely N-dealkylation sites (N-methyl/N-ethyl adjacent to an activating group) is 1. The van der Waals surface area contributed by atoms with E-state index in [1.807, 2.05) is 12.1 Å². The number of rotatable bonds is 7. The monoisotopic (exact) mass is 297 g/mol. The van der Waals surface area contributed by atoms with Crippen molar-refractivity contribution in [2.24, 2.45) is 0 Å². The van der Waals surface area contributed by atoms with E-state index in [0.29, 0.717) is 12.1 Å². The van der Waals surface area contributed by atoms with Gasteiger partial charge in [0.15, 0.2) is 5.78 Å². The molecule has 1 amide bonds. The molecule has 0 bridgehead atoms. The first-order valence-corrected chi connectivity index (χ1v) is 7.23. The molecule has 2 heterocycles. The topological polar surface area (TPSA) is 63.2 Å². The summed E-state index contributed by atoms with van der Waals surface area (Å²) in [6, 6.07) is 7.30. The van der Waals surface area contributed by atoms with Crippen LogP contribution >= 0.6 is 0 Å². The lowest BCUT2D eigenvalue weighted by Crippen LogP contribution is -2.29. The predicted octanol–water partition coefficient (Wildman–Crippen LogP) is 2.14. The zero-order valence-corrected chi connectivity index (χ0v) is 12.6. The summed E-state index contributed by atoms with van der Waals surface area (Å²) in [5, 5.41) is 0. The lowest BCUT2D eigenvalue weighted by atomic mass is 10.1. The molecule has 22 heavy (non-hydrogen) atoms. The molecule has 0 aromatic carbocycles. The van der Waals surface area contributed by atoms with Gasteiger partial charge < -0.3 is 4.90 Å². The van der Waals surface area contributed by atoms with Crippen molar-refractivity contribution >= 4 is 11.7 Å². The third kappa shape index (κ3) is 4.77. The highest BCUT2D eigenvalue weighted by Crippen LogP contribution is 2.06. The van der Waals surface area contributed by atoms with Crippen LogP contribution in [0.2, 0.25) is 0 Å². The summed E-state index contributed by atoms with van der Waals surface area (Å²) in [5.41, 5.74) is 1.69. The summed E-state index contributed by atoms with van der Waals surface area (Å²) in [7, 11) is 1.76. The van der Waals surface area contributed by atoms with Crippen LogP contribution in [0.25, 0.3) is 0 Å². The number of ketones is 1. The van der Waals surface area contributed by atoms with Gasteiger partial charge >= 0.3 is 0 Å². The number of amides is 1. The molecule has 0 saturated carbocycles. The fourth-order valence-corrected chi connectivity index (χ4v) is 2.05. The Morgan fingerprint density at radius 3 is 2.50 bits per heavy atom. The van der Waals surface area contributed by atoms with E-state index in [1.165, 1.54) is 6.20 Å². The summed E-state index contributed by atoms with van der Waals surface area (Å²) < 4.78 is 0. The summed E-state index contributed by atoms with van der Waals surface area (Å²) in [6.07, 6.45) is 7.84. The number of Topliss-reactive ketones (excluding diaryl/α,β-unsaturated/α-hetero) is 1. The Morgan fingerprint density at radius 2 is 1.82 bits per heavy atom. The highest BCUT2D eigenvalue weighted by atomic mass is 16.2. The molecule has 0 radical (unpaired) electrons. The van der Waals surface area contributed by atoms with Crippen molar-refractivity contribution in [1.29, 1.82) is 0 Å². The van der Waals surface area contributed by atoms with Crippen LogP contribution in [-0.2, 0) is 11.2 Å². The molecule has 0 N–H and O–H groups in total. The van der Waals surface area contributed by atoms with Crippen molar-refractivity contribution in [3.8, 4) is 0 Å². The number of hydrogen-bond donors (Lipinski definition) is 0. The Kier molecular flexibility index (Phi) is 5.77. The third-order valence-corrected chi connectivity index (χ3v) is 3.46. The van der Waals surface area contributed by atoms with Crippen molar-refractivity contribution in [3.05, 3.63) is 60.2 Å². The normalized spacial score (nSPS) is 10.2. The number of nitrogens with zero attached hydrogens (tertiary/aromatic N) is 3. The molecule has 0 atom stereocenters. The van der Waals surface area contributed by atoms with E-state index >= 15 is 0 Å². The molecule has 0 aliphatic rings. The quantitative estimate of drug-likeness (QED) is 0.735. The van der Waals surface area contributed by atoms with Gasteiger partial charge in [0, 0.05) is 56.8 Å². The summed E-state index contributed by atoms with van der Waals surface area (Å²) >= 11 is 0. The van der Waals surface area contributed by atoms with Crippen molar-refractivity contribution < 1.29 is 9.59 Å². The van der Waals surface area contributed by atoms with Gasteiger partial charge in [-0.3, -0.25) is 19.6 Å². The molecule has 5 nitrogen and oxygen atoms in total. The van der Waals surface area contributed by atoms with E-state index in [0.717, 1.165) is 12.0 Å². The Labute approximate surface area is 130 Å². The van der Waals surface area contributed by atoms with E-state index in [-0.39, 0.29) is 24.5 Å². The summed E-state index contributed by atoms with van der Waals surface area (Å²) in [5.74, 6) is -0.0738. The lowest BCUT2D eigenvalue weighted by Gasteiger charge is -2.16. The fraction of sp³-hybridized carbons (Fsp3) is 0.294. The minimum atomic E-state index is -0.0519. The minimum Gasteiger partial charge on any atom is -0.345 e. The molecule has 2 rings (SSSR count). The standard InChI is InChI=1S/C17H19N3O2/c1-20(12-8-14-6-10-18-11-7-14)17(22)5-4-16(21)15-3-2-9-19-13-15/h2-3,6-7,9-11,13H,4-5,8,12H2,1H3. The molecule has 0 fully saturated rings. The first kappa shape index (κ1) is 15.8. The molecule has 2 aromatic heterocycles. The van der Waals surface area contributed by atoms with Crippen LogP contribution in [-0.4, -0.2) is 40.2 Å². The van der Waals surface area contributed by atoms with Crippen molar-refractivity contribution in [3.63, 3.8) is 0 Å². The summed E-state index contributed by atoms with van der Waals surface area (Å²) in [4.78, 5) is 33.5. The number of pyridine rings is 2. The van der Waals surface area contributed by atoms with Gasteiger partial charge in [0.2, 0.25) is 5.91 Å². The highest BCUT2D eigenvalue weighted by molar-refractivity contribution is 5.97. The predicted molar refractivity (Wildman–Crippen MR) is 83.4 cm³/mol. The van der Waals surface area contributed by atoms with Gasteiger partial charge in [-0.05, 0) is 36.2 Å². The Morgan fingerprint density at radius 1 is 1.05 bits per heavy atom. The molecule has 5 heteroatoms. The smallest absolute Gasteiger partial charge is 0.222 e. The second kappa shape index (κ2) is 8.02. The van der Waals surface area contributed by atoms with Gasteiger partial charge in [0.05, 0.1) is 0 Å². The van der Waals surface area contributed by atoms with Crippen LogP contribution in [0.5, 0.6) is 0 Å². The summed E-state index contributed by atoms with van der Waals surface area (Å²) in [6.45, 7) is 0.629. The van der Waals surface area contributed by atoms with Gasteiger partial charge in [0.1, 0.15) is 0 Å². The van der Waals surface area contributed by atoms with Crippen molar-refractivity contribution in [1.82, 2.24) is 14.9 Å². The first-order valence-electron chi connectivity index (χ1n) is 7.23. The van der Waals surface area contributed by atoms with E-state index < -0.39 is 0 Å². The Bertz CT molecular complexity index is 614. The fourth-order valence-electron chi connectivity index (χ4n) is 2.05. The van der Waals surface area contributed by atoms with E-state index in [2.05, 4.69) is 9.97 Å². The maximum absolute atomic E-state index is 12.0. The Hall–Kier alpha value is -2.56. The van der Waals surface area contributed by atoms with Crippen LogP contribution in [0.4, 0.5) is 0 Å².